The second kappa shape index (κ2) is 3.41. The largest absolute Gasteiger partial charge is 0.383 e. The molecule has 2 aromatic rings. The van der Waals surface area contributed by atoms with E-state index in [2.05, 4.69) is 15.1 Å². The van der Waals surface area contributed by atoms with Crippen LogP contribution < -0.4 is 5.73 Å². The standard InChI is InChI=1S/C8H8FN5/c9-5-12-7(10)6-4-13-14-3-1-2-11-8(6)14/h1-4H,5H2,(H2,10,12). The first-order valence-electron chi connectivity index (χ1n) is 3.97. The first-order chi connectivity index (χ1) is 6.83. The molecule has 0 unspecified atom stereocenters. The summed E-state index contributed by atoms with van der Waals surface area (Å²) in [6.07, 6.45) is 4.86. The number of aliphatic imine (C=N–C) groups is 1. The Morgan fingerprint density at radius 1 is 1.64 bits per heavy atom. The van der Waals surface area contributed by atoms with Gasteiger partial charge in [-0.2, -0.15) is 5.10 Å². The maximum absolute atomic E-state index is 11.9. The minimum atomic E-state index is -0.837. The fraction of sp³-hybridized carbons (Fsp3) is 0.125. The molecule has 72 valence electrons. The maximum atomic E-state index is 11.9. The van der Waals surface area contributed by atoms with Gasteiger partial charge >= 0.3 is 0 Å². The summed E-state index contributed by atoms with van der Waals surface area (Å²) in [6.45, 7) is -0.837. The van der Waals surface area contributed by atoms with Crippen molar-refractivity contribution in [3.63, 3.8) is 0 Å². The summed E-state index contributed by atoms with van der Waals surface area (Å²) in [5.41, 5.74) is 6.65. The van der Waals surface area contributed by atoms with Gasteiger partial charge in [-0.05, 0) is 6.07 Å². The third kappa shape index (κ3) is 1.30. The second-order valence-electron chi connectivity index (χ2n) is 2.61. The number of rotatable bonds is 2. The highest BCUT2D eigenvalue weighted by molar-refractivity contribution is 6.02. The summed E-state index contributed by atoms with van der Waals surface area (Å²) in [5.74, 6) is 0.112. The Balaban J connectivity index is 2.58. The lowest BCUT2D eigenvalue weighted by Crippen LogP contribution is -2.13. The van der Waals surface area contributed by atoms with E-state index >= 15 is 0 Å². The molecule has 0 amide bonds. The van der Waals surface area contributed by atoms with Crippen molar-refractivity contribution in [3.05, 3.63) is 30.2 Å². The number of fused-ring (bicyclic) bond motifs is 1. The Hall–Kier alpha value is -1.98. The van der Waals surface area contributed by atoms with E-state index in [0.717, 1.165) is 0 Å². The molecular weight excluding hydrogens is 185 g/mol. The average Bonchev–Trinajstić information content (AvgIpc) is 2.61. The van der Waals surface area contributed by atoms with Crippen LogP contribution in [0.5, 0.6) is 0 Å². The number of alkyl halides is 1. The van der Waals surface area contributed by atoms with Gasteiger partial charge in [0.1, 0.15) is 5.84 Å². The Bertz CT molecular complexity index is 475. The lowest BCUT2D eigenvalue weighted by atomic mass is 10.3. The van der Waals surface area contributed by atoms with Crippen LogP contribution >= 0.6 is 0 Å². The van der Waals surface area contributed by atoms with Crippen molar-refractivity contribution in [2.45, 2.75) is 0 Å². The van der Waals surface area contributed by atoms with Crippen LogP contribution in [-0.2, 0) is 0 Å². The van der Waals surface area contributed by atoms with E-state index < -0.39 is 6.80 Å². The van der Waals surface area contributed by atoms with Gasteiger partial charge in [0.15, 0.2) is 12.4 Å². The van der Waals surface area contributed by atoms with Gasteiger partial charge in [0.25, 0.3) is 0 Å². The van der Waals surface area contributed by atoms with Gasteiger partial charge < -0.3 is 5.73 Å². The summed E-state index contributed by atoms with van der Waals surface area (Å²) in [6, 6.07) is 1.74. The molecule has 0 radical (unpaired) electrons. The van der Waals surface area contributed by atoms with E-state index in [-0.39, 0.29) is 5.84 Å². The van der Waals surface area contributed by atoms with Crippen LogP contribution in [0.25, 0.3) is 5.65 Å². The molecule has 2 N–H and O–H groups in total. The molecule has 0 atom stereocenters. The van der Waals surface area contributed by atoms with Crippen molar-refractivity contribution >= 4 is 11.5 Å². The number of hydrogen-bond acceptors (Lipinski definition) is 3. The van der Waals surface area contributed by atoms with Crippen molar-refractivity contribution in [1.82, 2.24) is 14.6 Å². The van der Waals surface area contributed by atoms with E-state index in [1.54, 1.807) is 23.0 Å². The number of halogens is 1. The number of hydrogen-bond donors (Lipinski definition) is 1. The van der Waals surface area contributed by atoms with Crippen molar-refractivity contribution < 1.29 is 4.39 Å². The van der Waals surface area contributed by atoms with E-state index in [4.69, 9.17) is 5.73 Å². The molecule has 0 aliphatic heterocycles. The number of amidine groups is 1. The first kappa shape index (κ1) is 8.61. The summed E-state index contributed by atoms with van der Waals surface area (Å²) in [5, 5.41) is 3.99. The Morgan fingerprint density at radius 3 is 3.29 bits per heavy atom. The molecule has 0 bridgehead atoms. The molecule has 2 heterocycles. The summed E-state index contributed by atoms with van der Waals surface area (Å²) >= 11 is 0. The van der Waals surface area contributed by atoms with E-state index in [1.807, 2.05) is 0 Å². The zero-order valence-electron chi connectivity index (χ0n) is 7.26. The molecule has 0 spiro atoms. The highest BCUT2D eigenvalue weighted by Gasteiger charge is 2.07. The van der Waals surface area contributed by atoms with Crippen LogP contribution in [0.1, 0.15) is 5.56 Å². The minimum Gasteiger partial charge on any atom is -0.383 e. The molecule has 2 aromatic heterocycles. The van der Waals surface area contributed by atoms with Gasteiger partial charge in [0.05, 0.1) is 11.8 Å². The Labute approximate surface area is 79.1 Å². The molecule has 0 fully saturated rings. The summed E-state index contributed by atoms with van der Waals surface area (Å²) in [7, 11) is 0. The predicted molar refractivity (Wildman–Crippen MR) is 49.7 cm³/mol. The van der Waals surface area contributed by atoms with Gasteiger partial charge in [-0.3, -0.25) is 0 Å². The molecule has 6 heteroatoms. The zero-order valence-corrected chi connectivity index (χ0v) is 7.26. The zero-order chi connectivity index (χ0) is 9.97. The van der Waals surface area contributed by atoms with Crippen LogP contribution in [0.2, 0.25) is 0 Å². The van der Waals surface area contributed by atoms with Gasteiger partial charge in [-0.1, -0.05) is 0 Å². The normalized spacial score (nSPS) is 12.2. The van der Waals surface area contributed by atoms with E-state index in [0.29, 0.717) is 11.2 Å². The van der Waals surface area contributed by atoms with Gasteiger partial charge in [0, 0.05) is 12.4 Å². The van der Waals surface area contributed by atoms with Crippen LogP contribution in [-0.4, -0.2) is 27.2 Å². The van der Waals surface area contributed by atoms with Crippen LogP contribution in [0.4, 0.5) is 4.39 Å². The van der Waals surface area contributed by atoms with Gasteiger partial charge in [-0.25, -0.2) is 18.9 Å². The Morgan fingerprint density at radius 2 is 2.50 bits per heavy atom. The molecule has 0 aliphatic carbocycles. The SMILES string of the molecule is NC(=NCF)c1cnn2cccnc12. The number of aromatic nitrogens is 3. The lowest BCUT2D eigenvalue weighted by molar-refractivity contribution is 0.512. The molecule has 0 saturated heterocycles. The van der Waals surface area contributed by atoms with E-state index in [9.17, 15) is 4.39 Å². The highest BCUT2D eigenvalue weighted by atomic mass is 19.1. The molecule has 14 heavy (non-hydrogen) atoms. The third-order valence-electron chi connectivity index (χ3n) is 1.79. The molecule has 5 nitrogen and oxygen atoms in total. The quantitative estimate of drug-likeness (QED) is 0.425. The number of nitrogens with zero attached hydrogens (tertiary/aromatic N) is 4. The predicted octanol–water partition coefficient (Wildman–Crippen LogP) is 0.362. The maximum Gasteiger partial charge on any atom is 0.181 e. The third-order valence-corrected chi connectivity index (χ3v) is 1.79. The van der Waals surface area contributed by atoms with Gasteiger partial charge in [-0.15, -0.1) is 0 Å². The smallest absolute Gasteiger partial charge is 0.181 e. The first-order valence-corrected chi connectivity index (χ1v) is 3.97. The topological polar surface area (TPSA) is 68.6 Å². The Kier molecular flexibility index (Phi) is 2.10. The van der Waals surface area contributed by atoms with Crippen molar-refractivity contribution in [2.75, 3.05) is 6.80 Å². The number of nitrogens with two attached hydrogens (primary N) is 1. The average molecular weight is 193 g/mol. The fourth-order valence-electron chi connectivity index (χ4n) is 1.16. The van der Waals surface area contributed by atoms with Crippen molar-refractivity contribution in [2.24, 2.45) is 10.7 Å². The van der Waals surface area contributed by atoms with Crippen LogP contribution in [0.3, 0.4) is 0 Å². The molecule has 0 aromatic carbocycles. The fourth-order valence-corrected chi connectivity index (χ4v) is 1.16. The minimum absolute atomic E-state index is 0.112. The lowest BCUT2D eigenvalue weighted by Gasteiger charge is -1.95. The van der Waals surface area contributed by atoms with Gasteiger partial charge in [0.2, 0.25) is 0 Å². The van der Waals surface area contributed by atoms with Crippen molar-refractivity contribution in [3.8, 4) is 0 Å². The van der Waals surface area contributed by atoms with Crippen LogP contribution in [0.15, 0.2) is 29.6 Å². The molecule has 0 saturated carbocycles. The summed E-state index contributed by atoms with van der Waals surface area (Å²) in [4.78, 5) is 7.51. The molecule has 2 rings (SSSR count). The van der Waals surface area contributed by atoms with Crippen molar-refractivity contribution in [1.29, 1.82) is 0 Å². The monoisotopic (exact) mass is 193 g/mol. The summed E-state index contributed by atoms with van der Waals surface area (Å²) < 4.78 is 13.5. The molecular formula is C8H8FN5. The highest BCUT2D eigenvalue weighted by Crippen LogP contribution is 2.05. The molecule has 0 aliphatic rings. The van der Waals surface area contributed by atoms with E-state index in [1.165, 1.54) is 6.20 Å². The second-order valence-corrected chi connectivity index (χ2v) is 2.61. The van der Waals surface area contributed by atoms with Crippen LogP contribution in [0, 0.1) is 0 Å².